The minimum atomic E-state index is -0.639. The van der Waals surface area contributed by atoms with Gasteiger partial charge in [0.1, 0.15) is 35.0 Å². The van der Waals surface area contributed by atoms with E-state index >= 15 is 0 Å². The molecule has 1 aliphatic heterocycles. The molecule has 0 aliphatic carbocycles. The van der Waals surface area contributed by atoms with Crippen molar-refractivity contribution < 1.29 is 19.1 Å². The van der Waals surface area contributed by atoms with Gasteiger partial charge in [0.15, 0.2) is 5.82 Å². The van der Waals surface area contributed by atoms with Gasteiger partial charge in [-0.2, -0.15) is 0 Å². The summed E-state index contributed by atoms with van der Waals surface area (Å²) in [4.78, 5) is 41.6. The Kier molecular flexibility index (Phi) is 8.27. The molecule has 1 aromatic carbocycles. The molecule has 0 unspecified atom stereocenters. The fourth-order valence-electron chi connectivity index (χ4n) is 4.86. The number of carbonyl (C=O) groups is 2. The molecule has 1 aliphatic rings. The SMILES string of the molecule is COc1ccccc1-n1cnnc1-c1cccc(N2Cc3c(cc(N(C)C(C)C)nc3CN(C)C(=O)OC(C)(C)C)C2=O)n1. The predicted octanol–water partition coefficient (Wildman–Crippen LogP) is 5.10. The maximum atomic E-state index is 14.0. The highest BCUT2D eigenvalue weighted by Gasteiger charge is 2.34. The fraction of sp³-hybridized carbons (Fsp3) is 0.375. The molecular formula is C32H38N8O4. The van der Waals surface area contributed by atoms with Crippen LogP contribution < -0.4 is 14.5 Å². The maximum Gasteiger partial charge on any atom is 0.410 e. The van der Waals surface area contributed by atoms with Gasteiger partial charge < -0.3 is 19.3 Å². The van der Waals surface area contributed by atoms with Gasteiger partial charge >= 0.3 is 6.09 Å². The molecular weight excluding hydrogens is 560 g/mol. The van der Waals surface area contributed by atoms with Crippen LogP contribution in [0.25, 0.3) is 17.2 Å². The number of amides is 2. The van der Waals surface area contributed by atoms with Crippen LogP contribution in [0.3, 0.4) is 0 Å². The van der Waals surface area contributed by atoms with Crippen molar-refractivity contribution in [3.8, 4) is 23.0 Å². The number of pyridine rings is 2. The summed E-state index contributed by atoms with van der Waals surface area (Å²) in [6.07, 6.45) is 1.13. The van der Waals surface area contributed by atoms with Gasteiger partial charge in [0.2, 0.25) is 0 Å². The van der Waals surface area contributed by atoms with Crippen LogP contribution in [0.4, 0.5) is 16.4 Å². The largest absolute Gasteiger partial charge is 0.495 e. The number of nitrogens with zero attached hydrogens (tertiary/aromatic N) is 8. The molecule has 0 spiro atoms. The minimum absolute atomic E-state index is 0.142. The molecule has 5 rings (SSSR count). The van der Waals surface area contributed by atoms with Crippen molar-refractivity contribution in [3.63, 3.8) is 0 Å². The third-order valence-corrected chi connectivity index (χ3v) is 7.35. The van der Waals surface area contributed by atoms with Crippen molar-refractivity contribution in [3.05, 3.63) is 71.7 Å². The van der Waals surface area contributed by atoms with E-state index in [2.05, 4.69) is 24.0 Å². The first kappa shape index (κ1) is 30.5. The van der Waals surface area contributed by atoms with Crippen molar-refractivity contribution in [2.45, 2.75) is 59.4 Å². The molecule has 0 saturated heterocycles. The van der Waals surface area contributed by atoms with E-state index in [4.69, 9.17) is 19.4 Å². The van der Waals surface area contributed by atoms with Gasteiger partial charge in [0, 0.05) is 25.7 Å². The van der Waals surface area contributed by atoms with Crippen molar-refractivity contribution >= 4 is 23.6 Å². The molecule has 0 bridgehead atoms. The molecule has 44 heavy (non-hydrogen) atoms. The molecule has 0 N–H and O–H groups in total. The molecule has 2 amide bonds. The van der Waals surface area contributed by atoms with Gasteiger partial charge in [-0.3, -0.25) is 14.3 Å². The normalized spacial score (nSPS) is 12.8. The van der Waals surface area contributed by atoms with Gasteiger partial charge in [0.25, 0.3) is 5.91 Å². The highest BCUT2D eigenvalue weighted by Crippen LogP contribution is 2.34. The van der Waals surface area contributed by atoms with Crippen molar-refractivity contribution in [1.29, 1.82) is 0 Å². The molecule has 4 heterocycles. The molecule has 4 aromatic rings. The summed E-state index contributed by atoms with van der Waals surface area (Å²) in [6, 6.07) is 15.0. The van der Waals surface area contributed by atoms with Gasteiger partial charge in [-0.15, -0.1) is 10.2 Å². The zero-order valence-corrected chi connectivity index (χ0v) is 26.4. The first-order valence-electron chi connectivity index (χ1n) is 14.4. The highest BCUT2D eigenvalue weighted by atomic mass is 16.6. The van der Waals surface area contributed by atoms with Crippen LogP contribution in [0.2, 0.25) is 0 Å². The molecule has 230 valence electrons. The Bertz CT molecular complexity index is 1690. The van der Waals surface area contributed by atoms with Crippen molar-refractivity contribution in [2.75, 3.05) is 31.0 Å². The number of ether oxygens (including phenoxy) is 2. The van der Waals surface area contributed by atoms with Crippen LogP contribution in [-0.2, 0) is 17.8 Å². The summed E-state index contributed by atoms with van der Waals surface area (Å²) in [5.41, 5.74) is 2.56. The number of anilines is 2. The average molecular weight is 599 g/mol. The second-order valence-corrected chi connectivity index (χ2v) is 12.0. The lowest BCUT2D eigenvalue weighted by atomic mass is 10.1. The summed E-state index contributed by atoms with van der Waals surface area (Å²) in [6.45, 7) is 9.99. The molecule has 0 saturated carbocycles. The lowest BCUT2D eigenvalue weighted by molar-refractivity contribution is 0.0282. The van der Waals surface area contributed by atoms with Gasteiger partial charge in [-0.1, -0.05) is 18.2 Å². The highest BCUT2D eigenvalue weighted by molar-refractivity contribution is 6.10. The molecule has 12 heteroatoms. The number of carbonyl (C=O) groups excluding carboxylic acids is 2. The Labute approximate surface area is 257 Å². The van der Waals surface area contributed by atoms with Crippen LogP contribution >= 0.6 is 0 Å². The number of rotatable bonds is 8. The Morgan fingerprint density at radius 2 is 1.82 bits per heavy atom. The van der Waals surface area contributed by atoms with Gasteiger partial charge in [0.05, 0.1) is 37.1 Å². The molecule has 0 fully saturated rings. The Morgan fingerprint density at radius 3 is 2.52 bits per heavy atom. The van der Waals surface area contributed by atoms with E-state index < -0.39 is 11.7 Å². The summed E-state index contributed by atoms with van der Waals surface area (Å²) in [5, 5.41) is 8.45. The molecule has 0 radical (unpaired) electrons. The van der Waals surface area contributed by atoms with Crippen LogP contribution in [-0.4, -0.2) is 74.5 Å². The second kappa shape index (κ2) is 11.9. The van der Waals surface area contributed by atoms with E-state index in [0.717, 1.165) is 11.3 Å². The van der Waals surface area contributed by atoms with Gasteiger partial charge in [-0.25, -0.2) is 14.8 Å². The summed E-state index contributed by atoms with van der Waals surface area (Å²) in [7, 11) is 5.20. The lowest BCUT2D eigenvalue weighted by Gasteiger charge is -2.26. The van der Waals surface area contributed by atoms with Crippen molar-refractivity contribution in [2.24, 2.45) is 0 Å². The first-order valence-corrected chi connectivity index (χ1v) is 14.4. The monoisotopic (exact) mass is 598 g/mol. The van der Waals surface area contributed by atoms with E-state index in [0.29, 0.717) is 40.2 Å². The summed E-state index contributed by atoms with van der Waals surface area (Å²) < 4.78 is 12.9. The average Bonchev–Trinajstić information content (AvgIpc) is 3.61. The number of fused-ring (bicyclic) bond motifs is 1. The number of hydrogen-bond donors (Lipinski definition) is 0. The maximum absolute atomic E-state index is 14.0. The van der Waals surface area contributed by atoms with Crippen LogP contribution in [0.15, 0.2) is 54.9 Å². The van der Waals surface area contributed by atoms with E-state index in [9.17, 15) is 9.59 Å². The fourth-order valence-corrected chi connectivity index (χ4v) is 4.86. The third kappa shape index (κ3) is 6.05. The van der Waals surface area contributed by atoms with E-state index in [1.165, 1.54) is 4.90 Å². The third-order valence-electron chi connectivity index (χ3n) is 7.35. The topological polar surface area (TPSA) is 119 Å². The van der Waals surface area contributed by atoms with Crippen LogP contribution in [0.5, 0.6) is 5.75 Å². The standard InChI is InChI=1S/C32H38N8O4/c1-20(2)38(7)28-16-21-22(24(35-28)18-37(6)31(42)44-32(3,4)5)17-39(30(21)41)27-15-11-12-23(34-27)29-36-33-19-40(29)25-13-9-10-14-26(25)43-8/h9-16,19-20H,17-18H2,1-8H3. The smallest absolute Gasteiger partial charge is 0.410 e. The molecule has 0 atom stereocenters. The second-order valence-electron chi connectivity index (χ2n) is 12.0. The Morgan fingerprint density at radius 1 is 1.07 bits per heavy atom. The van der Waals surface area contributed by atoms with Crippen molar-refractivity contribution in [1.82, 2.24) is 29.6 Å². The zero-order valence-electron chi connectivity index (χ0n) is 26.4. The van der Waals surface area contributed by atoms with E-state index in [1.807, 2.05) is 75.2 Å². The Balaban J connectivity index is 1.50. The van der Waals surface area contributed by atoms with E-state index in [1.54, 1.807) is 36.0 Å². The predicted molar refractivity (Wildman–Crippen MR) is 167 cm³/mol. The lowest BCUT2D eigenvalue weighted by Crippen LogP contribution is -2.34. The minimum Gasteiger partial charge on any atom is -0.495 e. The number of benzene rings is 1. The summed E-state index contributed by atoms with van der Waals surface area (Å²) in [5.74, 6) is 2.07. The van der Waals surface area contributed by atoms with Crippen LogP contribution in [0.1, 0.15) is 56.2 Å². The first-order chi connectivity index (χ1) is 20.9. The zero-order chi connectivity index (χ0) is 31.8. The number of para-hydroxylation sites is 2. The summed E-state index contributed by atoms with van der Waals surface area (Å²) >= 11 is 0. The van der Waals surface area contributed by atoms with E-state index in [-0.39, 0.29) is 25.0 Å². The quantitative estimate of drug-likeness (QED) is 0.273. The number of hydrogen-bond acceptors (Lipinski definition) is 9. The number of methoxy groups -OCH3 is 1. The van der Waals surface area contributed by atoms with Crippen LogP contribution in [0, 0.1) is 0 Å². The Hall–Kier alpha value is -5.00. The number of aromatic nitrogens is 5. The van der Waals surface area contributed by atoms with Gasteiger partial charge in [-0.05, 0) is 65.0 Å². The molecule has 12 nitrogen and oxygen atoms in total. The molecule has 3 aromatic heterocycles.